The van der Waals surface area contributed by atoms with Crippen LogP contribution in [0.1, 0.15) is 0 Å². The Bertz CT molecular complexity index is 189. The van der Waals surface area contributed by atoms with Crippen molar-refractivity contribution in [2.75, 3.05) is 39.5 Å². The van der Waals surface area contributed by atoms with E-state index >= 15 is 0 Å². The molecule has 0 aliphatic carbocycles. The van der Waals surface area contributed by atoms with Crippen molar-refractivity contribution >= 4 is 12.2 Å². The molecule has 0 aromatic carbocycles. The first-order valence-electron chi connectivity index (χ1n) is 4.72. The summed E-state index contributed by atoms with van der Waals surface area (Å²) in [6, 6.07) is 0. The highest BCUT2D eigenvalue weighted by molar-refractivity contribution is 5.64. The number of rotatable bonds is 9. The lowest BCUT2D eigenvalue weighted by Crippen LogP contribution is -2.26. The van der Waals surface area contributed by atoms with E-state index in [1.54, 1.807) is 0 Å². The van der Waals surface area contributed by atoms with E-state index in [4.69, 9.17) is 19.7 Å². The number of amides is 2. The lowest BCUT2D eigenvalue weighted by atomic mass is 10.6. The lowest BCUT2D eigenvalue weighted by Gasteiger charge is -2.05. The molecule has 0 aliphatic rings. The maximum absolute atomic E-state index is 10.0. The van der Waals surface area contributed by atoms with Crippen LogP contribution in [-0.2, 0) is 9.47 Å². The van der Waals surface area contributed by atoms with Gasteiger partial charge >= 0.3 is 12.2 Å². The molecular formula is C8H16N2O6. The van der Waals surface area contributed by atoms with E-state index in [1.165, 1.54) is 0 Å². The van der Waals surface area contributed by atoms with Gasteiger partial charge in [0.2, 0.25) is 0 Å². The third-order valence-corrected chi connectivity index (χ3v) is 1.42. The number of nitrogens with one attached hydrogen (secondary N) is 2. The van der Waals surface area contributed by atoms with Gasteiger partial charge in [0.05, 0.1) is 26.4 Å². The van der Waals surface area contributed by atoms with Crippen molar-refractivity contribution in [3.63, 3.8) is 0 Å². The molecule has 0 spiro atoms. The maximum Gasteiger partial charge on any atom is 0.404 e. The molecule has 0 heterocycles. The molecular weight excluding hydrogens is 220 g/mol. The Labute approximate surface area is 92.5 Å². The molecule has 0 aromatic rings. The quantitative estimate of drug-likeness (QED) is 0.403. The van der Waals surface area contributed by atoms with Gasteiger partial charge in [-0.25, -0.2) is 9.59 Å². The topological polar surface area (TPSA) is 117 Å². The Morgan fingerprint density at radius 2 is 1.19 bits per heavy atom. The number of carboxylic acid groups (broad SMARTS) is 2. The van der Waals surface area contributed by atoms with Crippen LogP contribution in [0.15, 0.2) is 0 Å². The predicted octanol–water partition coefficient (Wildman–Crippen LogP) is -0.445. The van der Waals surface area contributed by atoms with Gasteiger partial charge in [0.25, 0.3) is 0 Å². The molecule has 16 heavy (non-hydrogen) atoms. The van der Waals surface area contributed by atoms with Gasteiger partial charge in [0.1, 0.15) is 0 Å². The van der Waals surface area contributed by atoms with Gasteiger partial charge in [0, 0.05) is 13.1 Å². The highest BCUT2D eigenvalue weighted by atomic mass is 16.5. The van der Waals surface area contributed by atoms with Gasteiger partial charge in [0.15, 0.2) is 0 Å². The van der Waals surface area contributed by atoms with E-state index in [2.05, 4.69) is 10.6 Å². The van der Waals surface area contributed by atoms with Crippen molar-refractivity contribution in [3.8, 4) is 0 Å². The van der Waals surface area contributed by atoms with Crippen LogP contribution in [0.3, 0.4) is 0 Å². The third kappa shape index (κ3) is 12.5. The molecule has 2 amide bonds. The van der Waals surface area contributed by atoms with Gasteiger partial charge < -0.3 is 30.3 Å². The minimum absolute atomic E-state index is 0.232. The minimum atomic E-state index is -1.08. The molecule has 0 saturated carbocycles. The second-order valence-corrected chi connectivity index (χ2v) is 2.69. The first-order chi connectivity index (χ1) is 7.63. The molecule has 0 atom stereocenters. The Balaban J connectivity index is 2.98. The molecule has 4 N–H and O–H groups in total. The molecule has 0 fully saturated rings. The Morgan fingerprint density at radius 3 is 1.50 bits per heavy atom. The summed E-state index contributed by atoms with van der Waals surface area (Å²) in [6.07, 6.45) is -2.17. The fraction of sp³-hybridized carbons (Fsp3) is 0.750. The molecule has 0 radical (unpaired) electrons. The monoisotopic (exact) mass is 236 g/mol. The normalized spacial score (nSPS) is 9.75. The Kier molecular flexibility index (Phi) is 9.03. The second kappa shape index (κ2) is 9.99. The summed E-state index contributed by atoms with van der Waals surface area (Å²) in [7, 11) is 0. The average molecular weight is 236 g/mol. The first kappa shape index (κ1) is 14.5. The van der Waals surface area contributed by atoms with Crippen molar-refractivity contribution in [1.29, 1.82) is 0 Å². The summed E-state index contributed by atoms with van der Waals surface area (Å²) >= 11 is 0. The first-order valence-corrected chi connectivity index (χ1v) is 4.72. The standard InChI is InChI=1S/C8H16N2O6/c11-7(12)9-1-3-15-5-6-16-4-2-10-8(13)14/h9-10H,1-6H2,(H,11,12)(H,13,14). The van der Waals surface area contributed by atoms with E-state index in [-0.39, 0.29) is 26.3 Å². The number of carbonyl (C=O) groups is 2. The number of hydrogen-bond donors (Lipinski definition) is 4. The molecule has 0 saturated heterocycles. The van der Waals surface area contributed by atoms with Crippen molar-refractivity contribution in [3.05, 3.63) is 0 Å². The summed E-state index contributed by atoms with van der Waals surface area (Å²) in [5.74, 6) is 0. The van der Waals surface area contributed by atoms with Crippen LogP contribution in [-0.4, -0.2) is 61.9 Å². The highest BCUT2D eigenvalue weighted by Gasteiger charge is 1.95. The van der Waals surface area contributed by atoms with Crippen LogP contribution in [0.25, 0.3) is 0 Å². The lowest BCUT2D eigenvalue weighted by molar-refractivity contribution is 0.0500. The third-order valence-electron chi connectivity index (χ3n) is 1.42. The van der Waals surface area contributed by atoms with E-state index in [0.717, 1.165) is 0 Å². The maximum atomic E-state index is 10.0. The average Bonchev–Trinajstić information content (AvgIpc) is 2.20. The molecule has 8 nitrogen and oxygen atoms in total. The smallest absolute Gasteiger partial charge is 0.404 e. The van der Waals surface area contributed by atoms with Gasteiger partial charge in [-0.1, -0.05) is 0 Å². The van der Waals surface area contributed by atoms with Crippen LogP contribution >= 0.6 is 0 Å². The molecule has 0 aliphatic heterocycles. The van der Waals surface area contributed by atoms with Crippen LogP contribution in [0.2, 0.25) is 0 Å². The summed E-state index contributed by atoms with van der Waals surface area (Å²) in [5, 5.41) is 20.7. The van der Waals surface area contributed by atoms with Gasteiger partial charge in [-0.05, 0) is 0 Å². The van der Waals surface area contributed by atoms with Crippen LogP contribution in [0, 0.1) is 0 Å². The second-order valence-electron chi connectivity index (χ2n) is 2.69. The van der Waals surface area contributed by atoms with Crippen LogP contribution < -0.4 is 10.6 Å². The van der Waals surface area contributed by atoms with Gasteiger partial charge in [-0.15, -0.1) is 0 Å². The van der Waals surface area contributed by atoms with Crippen molar-refractivity contribution < 1.29 is 29.3 Å². The zero-order valence-electron chi connectivity index (χ0n) is 8.77. The molecule has 8 heteroatoms. The molecule has 0 rings (SSSR count). The molecule has 0 unspecified atom stereocenters. The number of hydrogen-bond acceptors (Lipinski definition) is 4. The molecule has 94 valence electrons. The van der Waals surface area contributed by atoms with Gasteiger partial charge in [-0.3, -0.25) is 0 Å². The van der Waals surface area contributed by atoms with E-state index in [1.807, 2.05) is 0 Å². The molecule has 0 aromatic heterocycles. The Morgan fingerprint density at radius 1 is 0.812 bits per heavy atom. The summed E-state index contributed by atoms with van der Waals surface area (Å²) in [4.78, 5) is 20.0. The summed E-state index contributed by atoms with van der Waals surface area (Å²) in [5.41, 5.74) is 0. The Hall–Kier alpha value is -1.54. The van der Waals surface area contributed by atoms with E-state index in [0.29, 0.717) is 13.2 Å². The summed E-state index contributed by atoms with van der Waals surface area (Å²) < 4.78 is 10.0. The van der Waals surface area contributed by atoms with E-state index < -0.39 is 12.2 Å². The van der Waals surface area contributed by atoms with Crippen LogP contribution in [0.4, 0.5) is 9.59 Å². The van der Waals surface area contributed by atoms with E-state index in [9.17, 15) is 9.59 Å². The number of ether oxygens (including phenoxy) is 2. The zero-order valence-corrected chi connectivity index (χ0v) is 8.77. The minimum Gasteiger partial charge on any atom is -0.465 e. The fourth-order valence-electron chi connectivity index (χ4n) is 0.782. The van der Waals surface area contributed by atoms with Gasteiger partial charge in [-0.2, -0.15) is 0 Å². The van der Waals surface area contributed by atoms with Crippen molar-refractivity contribution in [1.82, 2.24) is 10.6 Å². The predicted molar refractivity (Wildman–Crippen MR) is 53.7 cm³/mol. The van der Waals surface area contributed by atoms with Crippen LogP contribution in [0.5, 0.6) is 0 Å². The largest absolute Gasteiger partial charge is 0.465 e. The highest BCUT2D eigenvalue weighted by Crippen LogP contribution is 1.78. The van der Waals surface area contributed by atoms with Crippen molar-refractivity contribution in [2.45, 2.75) is 0 Å². The zero-order chi connectivity index (χ0) is 12.2. The molecule has 0 bridgehead atoms. The summed E-state index contributed by atoms with van der Waals surface area (Å²) in [6.45, 7) is 1.71. The van der Waals surface area contributed by atoms with Crippen molar-refractivity contribution in [2.24, 2.45) is 0 Å². The fourth-order valence-corrected chi connectivity index (χ4v) is 0.782. The SMILES string of the molecule is O=C(O)NCCOCCOCCNC(=O)O.